The van der Waals surface area contributed by atoms with Gasteiger partial charge in [-0.15, -0.1) is 11.3 Å². The lowest BCUT2D eigenvalue weighted by molar-refractivity contribution is 0.296. The molecule has 20 heavy (non-hydrogen) atoms. The fraction of sp³-hybridized carbons (Fsp3) is 0.200. The first-order valence-corrected chi connectivity index (χ1v) is 7.19. The second kappa shape index (κ2) is 5.46. The van der Waals surface area contributed by atoms with E-state index >= 15 is 0 Å². The first-order chi connectivity index (χ1) is 9.74. The van der Waals surface area contributed by atoms with Crippen LogP contribution in [0, 0.1) is 6.92 Å². The van der Waals surface area contributed by atoms with Gasteiger partial charge in [-0.2, -0.15) is 0 Å². The zero-order valence-corrected chi connectivity index (χ0v) is 11.9. The number of para-hydroxylation sites is 1. The molecule has 0 bridgehead atoms. The minimum Gasteiger partial charge on any atom is -0.492 e. The van der Waals surface area contributed by atoms with Gasteiger partial charge in [-0.3, -0.25) is 9.36 Å². The summed E-state index contributed by atoms with van der Waals surface area (Å²) in [7, 11) is 0. The highest BCUT2D eigenvalue weighted by atomic mass is 32.1. The average molecular weight is 286 g/mol. The molecule has 2 heterocycles. The molecule has 0 saturated carbocycles. The van der Waals surface area contributed by atoms with Crippen molar-refractivity contribution in [3.8, 4) is 5.75 Å². The van der Waals surface area contributed by atoms with Gasteiger partial charge < -0.3 is 4.74 Å². The third-order valence-corrected chi connectivity index (χ3v) is 3.94. The van der Waals surface area contributed by atoms with Crippen LogP contribution < -0.4 is 10.3 Å². The van der Waals surface area contributed by atoms with Crippen molar-refractivity contribution in [2.75, 3.05) is 6.61 Å². The van der Waals surface area contributed by atoms with Crippen molar-refractivity contribution in [1.29, 1.82) is 0 Å². The number of fused-ring (bicyclic) bond motifs is 1. The van der Waals surface area contributed by atoms with Crippen molar-refractivity contribution in [2.24, 2.45) is 0 Å². The lowest BCUT2D eigenvalue weighted by Crippen LogP contribution is -2.23. The molecule has 0 unspecified atom stereocenters. The number of hydrogen-bond acceptors (Lipinski definition) is 4. The number of rotatable bonds is 4. The fourth-order valence-electron chi connectivity index (χ4n) is 2.02. The molecule has 3 aromatic rings. The molecule has 0 amide bonds. The molecule has 2 aromatic heterocycles. The number of ether oxygens (including phenoxy) is 1. The van der Waals surface area contributed by atoms with Crippen LogP contribution in [0.15, 0.2) is 47.5 Å². The summed E-state index contributed by atoms with van der Waals surface area (Å²) in [6, 6.07) is 11.5. The van der Waals surface area contributed by atoms with Crippen LogP contribution in [0.4, 0.5) is 0 Å². The van der Waals surface area contributed by atoms with E-state index in [4.69, 9.17) is 4.74 Å². The van der Waals surface area contributed by atoms with Crippen LogP contribution in [-0.2, 0) is 6.54 Å². The Hall–Kier alpha value is -2.14. The molecule has 5 heteroatoms. The van der Waals surface area contributed by atoms with Crippen molar-refractivity contribution in [3.05, 3.63) is 58.0 Å². The Balaban J connectivity index is 1.75. The molecule has 3 rings (SSSR count). The molecule has 102 valence electrons. The summed E-state index contributed by atoms with van der Waals surface area (Å²) < 4.78 is 7.19. The Bertz CT molecular complexity index is 777. The van der Waals surface area contributed by atoms with Gasteiger partial charge in [-0.25, -0.2) is 4.98 Å². The molecule has 0 saturated heterocycles. The van der Waals surface area contributed by atoms with E-state index in [2.05, 4.69) is 4.98 Å². The van der Waals surface area contributed by atoms with Gasteiger partial charge in [0.15, 0.2) is 0 Å². The van der Waals surface area contributed by atoms with Crippen molar-refractivity contribution >= 4 is 21.6 Å². The maximum absolute atomic E-state index is 12.3. The van der Waals surface area contributed by atoms with Gasteiger partial charge in [0, 0.05) is 4.88 Å². The highest BCUT2D eigenvalue weighted by molar-refractivity contribution is 7.18. The summed E-state index contributed by atoms with van der Waals surface area (Å²) in [5.41, 5.74) is -0.00369. The van der Waals surface area contributed by atoms with E-state index in [-0.39, 0.29) is 5.56 Å². The minimum atomic E-state index is -0.00369. The normalized spacial score (nSPS) is 10.8. The second-order valence-electron chi connectivity index (χ2n) is 4.48. The number of aryl methyl sites for hydroxylation is 1. The van der Waals surface area contributed by atoms with Crippen molar-refractivity contribution in [3.63, 3.8) is 0 Å². The predicted molar refractivity (Wildman–Crippen MR) is 80.6 cm³/mol. The minimum absolute atomic E-state index is 0.00369. The van der Waals surface area contributed by atoms with E-state index in [0.29, 0.717) is 18.5 Å². The fourth-order valence-corrected chi connectivity index (χ4v) is 2.86. The number of aromatic nitrogens is 2. The number of thiophene rings is 1. The highest BCUT2D eigenvalue weighted by Crippen LogP contribution is 2.19. The maximum Gasteiger partial charge on any atom is 0.262 e. The van der Waals surface area contributed by atoms with Crippen LogP contribution in [0.25, 0.3) is 10.2 Å². The van der Waals surface area contributed by atoms with Crippen molar-refractivity contribution in [1.82, 2.24) is 9.55 Å². The van der Waals surface area contributed by atoms with Crippen molar-refractivity contribution < 1.29 is 4.74 Å². The molecular formula is C15H14N2O2S. The topological polar surface area (TPSA) is 44.1 Å². The number of hydrogen-bond donors (Lipinski definition) is 0. The lowest BCUT2D eigenvalue weighted by atomic mass is 10.3. The molecular weight excluding hydrogens is 272 g/mol. The number of benzene rings is 1. The van der Waals surface area contributed by atoms with E-state index in [1.807, 2.05) is 43.3 Å². The third kappa shape index (κ3) is 2.58. The summed E-state index contributed by atoms with van der Waals surface area (Å²) in [5.74, 6) is 0.806. The second-order valence-corrected chi connectivity index (χ2v) is 5.72. The summed E-state index contributed by atoms with van der Waals surface area (Å²) in [5, 5.41) is 0.690. The molecule has 4 nitrogen and oxygen atoms in total. The van der Waals surface area contributed by atoms with Gasteiger partial charge in [0.2, 0.25) is 0 Å². The van der Waals surface area contributed by atoms with Crippen LogP contribution in [0.3, 0.4) is 0 Å². The SMILES string of the molecule is Cc1cc2c(=O)n(CCOc3ccccc3)cnc2s1. The zero-order valence-electron chi connectivity index (χ0n) is 11.1. The first kappa shape index (κ1) is 12.9. The van der Waals surface area contributed by atoms with Crippen LogP contribution >= 0.6 is 11.3 Å². The van der Waals surface area contributed by atoms with Crippen molar-refractivity contribution in [2.45, 2.75) is 13.5 Å². The summed E-state index contributed by atoms with van der Waals surface area (Å²) in [6.45, 7) is 2.92. The molecule has 0 radical (unpaired) electrons. The smallest absolute Gasteiger partial charge is 0.262 e. The van der Waals surface area contributed by atoms with Gasteiger partial charge in [0.25, 0.3) is 5.56 Å². The highest BCUT2D eigenvalue weighted by Gasteiger charge is 2.07. The Morgan fingerprint density at radius 2 is 2.10 bits per heavy atom. The zero-order chi connectivity index (χ0) is 13.9. The maximum atomic E-state index is 12.3. The monoisotopic (exact) mass is 286 g/mol. The molecule has 0 spiro atoms. The van der Waals surface area contributed by atoms with Gasteiger partial charge in [-0.1, -0.05) is 18.2 Å². The Morgan fingerprint density at radius 3 is 2.90 bits per heavy atom. The van der Waals surface area contributed by atoms with Crippen LogP contribution in [0.5, 0.6) is 5.75 Å². The van der Waals surface area contributed by atoms with Crippen LogP contribution in [0.1, 0.15) is 4.88 Å². The predicted octanol–water partition coefficient (Wildman–Crippen LogP) is 2.85. The van der Waals surface area contributed by atoms with Gasteiger partial charge >= 0.3 is 0 Å². The molecule has 0 fully saturated rings. The molecule has 0 aliphatic heterocycles. The summed E-state index contributed by atoms with van der Waals surface area (Å²) >= 11 is 1.54. The average Bonchev–Trinajstić information content (AvgIpc) is 2.84. The van der Waals surface area contributed by atoms with E-state index in [0.717, 1.165) is 15.5 Å². The summed E-state index contributed by atoms with van der Waals surface area (Å²) in [6.07, 6.45) is 1.59. The molecule has 0 aliphatic carbocycles. The van der Waals surface area contributed by atoms with E-state index in [9.17, 15) is 4.79 Å². The van der Waals surface area contributed by atoms with Crippen LogP contribution in [0.2, 0.25) is 0 Å². The van der Waals surface area contributed by atoms with E-state index < -0.39 is 0 Å². The number of nitrogens with zero attached hydrogens (tertiary/aromatic N) is 2. The van der Waals surface area contributed by atoms with Crippen LogP contribution in [-0.4, -0.2) is 16.2 Å². The molecule has 0 aliphatic rings. The lowest BCUT2D eigenvalue weighted by Gasteiger charge is -2.07. The largest absolute Gasteiger partial charge is 0.492 e. The van der Waals surface area contributed by atoms with Gasteiger partial charge in [0.05, 0.1) is 18.3 Å². The molecule has 1 aromatic carbocycles. The Morgan fingerprint density at radius 1 is 1.30 bits per heavy atom. The Labute approximate surface area is 120 Å². The Kier molecular flexibility index (Phi) is 3.52. The standard InChI is InChI=1S/C15H14N2O2S/c1-11-9-13-14(20-11)16-10-17(15(13)18)7-8-19-12-5-3-2-4-6-12/h2-6,9-10H,7-8H2,1H3. The van der Waals surface area contributed by atoms with E-state index in [1.54, 1.807) is 22.2 Å². The molecule has 0 atom stereocenters. The first-order valence-electron chi connectivity index (χ1n) is 6.37. The van der Waals surface area contributed by atoms with E-state index in [1.165, 1.54) is 0 Å². The molecule has 0 N–H and O–H groups in total. The van der Waals surface area contributed by atoms with Gasteiger partial charge in [0.1, 0.15) is 17.2 Å². The quantitative estimate of drug-likeness (QED) is 0.741. The third-order valence-electron chi connectivity index (χ3n) is 2.99. The van der Waals surface area contributed by atoms with Gasteiger partial charge in [-0.05, 0) is 25.1 Å². The summed E-state index contributed by atoms with van der Waals surface area (Å²) in [4.78, 5) is 18.5.